The number of nitrogens with zero attached hydrogens (tertiary/aromatic N) is 6. The summed E-state index contributed by atoms with van der Waals surface area (Å²) < 4.78 is 9.98. The van der Waals surface area contributed by atoms with Crippen molar-refractivity contribution in [1.29, 1.82) is 0 Å². The van der Waals surface area contributed by atoms with Crippen LogP contribution in [-0.2, 0) is 33.4 Å². The van der Waals surface area contributed by atoms with Gasteiger partial charge in [0.15, 0.2) is 0 Å². The van der Waals surface area contributed by atoms with Gasteiger partial charge in [-0.25, -0.2) is 14.8 Å². The predicted octanol–water partition coefficient (Wildman–Crippen LogP) is 9.25. The molecule has 348 valence electrons. The Morgan fingerprint density at radius 1 is 0.652 bits per heavy atom. The summed E-state index contributed by atoms with van der Waals surface area (Å²) in [6, 6.07) is 20.1. The topological polar surface area (TPSA) is 242 Å². The monoisotopic (exact) mass is 919 g/mol. The molecule has 0 spiro atoms. The van der Waals surface area contributed by atoms with E-state index in [9.17, 15) is 19.2 Å². The molecule has 4 aromatic heterocycles. The number of Topliss-reactive ketones (excluding diaryl/α,β-unsaturated/α-hetero) is 1. The van der Waals surface area contributed by atoms with Crippen LogP contribution in [0.15, 0.2) is 82.1 Å². The van der Waals surface area contributed by atoms with E-state index < -0.39 is 5.97 Å². The van der Waals surface area contributed by atoms with E-state index in [2.05, 4.69) is 66.0 Å². The molecule has 0 unspecified atom stereocenters. The molecule has 2 aliphatic rings. The van der Waals surface area contributed by atoms with Gasteiger partial charge in [-0.2, -0.15) is 9.97 Å². The van der Waals surface area contributed by atoms with Crippen LogP contribution in [0.25, 0.3) is 22.3 Å². The lowest BCUT2D eigenvalue weighted by Crippen LogP contribution is -2.14. The molecule has 2 aliphatic carbocycles. The first-order valence-electron chi connectivity index (χ1n) is 21.7. The third-order valence-corrected chi connectivity index (χ3v) is 10.7. The van der Waals surface area contributed by atoms with E-state index in [1.54, 1.807) is 12.4 Å². The molecule has 16 nitrogen and oxygen atoms in total. The fourth-order valence-corrected chi connectivity index (χ4v) is 6.38. The van der Waals surface area contributed by atoms with Gasteiger partial charge in [0.1, 0.15) is 11.6 Å². The number of halogens is 1. The maximum atomic E-state index is 12.5. The number of carboxylic acid groups (broad SMARTS) is 1. The van der Waals surface area contributed by atoms with Crippen LogP contribution in [0.1, 0.15) is 129 Å². The minimum absolute atomic E-state index is 0. The van der Waals surface area contributed by atoms with E-state index in [0.29, 0.717) is 42.8 Å². The van der Waals surface area contributed by atoms with Gasteiger partial charge in [-0.05, 0) is 120 Å². The molecular weight excluding hydrogens is 862 g/mol. The Labute approximate surface area is 390 Å². The molecule has 2 saturated carbocycles. The van der Waals surface area contributed by atoms with Gasteiger partial charge in [-0.15, -0.1) is 12.4 Å². The summed E-state index contributed by atoms with van der Waals surface area (Å²) in [5.41, 5.74) is 13.8. The SMILES string of the molecule is CC(C)(C)c1nc(C(=O)O)no1.Cc1cc(-c2ccnc(NC(=O)C3CC3)c2)ccc1CCC(=O)c1noc(C(C)(C)C)n1.Cc1cc(-c2ccnc(NC(=O)C3CC3)c2)ccc1CN.Cl. The second-order valence-electron chi connectivity index (χ2n) is 18.4. The number of nitrogens with two attached hydrogens (primary N) is 1. The number of carboxylic acids is 1. The number of carbonyl (C=O) groups excluding carboxylic acids is 3. The number of aromatic carboxylic acids is 1. The van der Waals surface area contributed by atoms with Crippen molar-refractivity contribution in [1.82, 2.24) is 30.2 Å². The van der Waals surface area contributed by atoms with Gasteiger partial charge in [0.05, 0.1) is 0 Å². The maximum Gasteiger partial charge on any atom is 0.377 e. The first-order valence-corrected chi connectivity index (χ1v) is 21.7. The largest absolute Gasteiger partial charge is 0.475 e. The molecule has 2 amide bonds. The van der Waals surface area contributed by atoms with Crippen LogP contribution in [0.5, 0.6) is 0 Å². The van der Waals surface area contributed by atoms with Crippen molar-refractivity contribution in [3.63, 3.8) is 0 Å². The summed E-state index contributed by atoms with van der Waals surface area (Å²) in [5, 5.41) is 21.4. The molecule has 66 heavy (non-hydrogen) atoms. The van der Waals surface area contributed by atoms with Crippen LogP contribution < -0.4 is 16.4 Å². The predicted molar refractivity (Wildman–Crippen MR) is 252 cm³/mol. The zero-order chi connectivity index (χ0) is 47.1. The first-order chi connectivity index (χ1) is 30.8. The second kappa shape index (κ2) is 21.6. The molecule has 0 bridgehead atoms. The van der Waals surface area contributed by atoms with E-state index in [1.807, 2.05) is 90.9 Å². The van der Waals surface area contributed by atoms with Crippen molar-refractivity contribution >= 4 is 47.6 Å². The molecular formula is C49H58ClN9O7. The standard InChI is InChI=1S/C25H28N4O3.C17H19N3O.C7H10N2O3.ClH/c1-15-13-18(19-11-12-26-21(14-19)27-23(31)17-6-7-17)8-5-16(15)9-10-20(30)22-28-24(32-29-22)25(2,3)4;1-11-8-13(4-5-15(11)10-18)14-6-7-19-16(9-14)20-17(21)12-2-3-12;1-7(2,3)6-8-4(5(10)11)9-12-6;/h5,8,11-14,17H,6-7,9-10H2,1-4H3,(H,26,27,31);4-9,12H,2-3,10,18H2,1H3,(H,19,20,21);1-3H3,(H,10,11);1H. The Hall–Kier alpha value is -6.65. The summed E-state index contributed by atoms with van der Waals surface area (Å²) >= 11 is 0. The van der Waals surface area contributed by atoms with Gasteiger partial charge in [-0.3, -0.25) is 14.4 Å². The molecule has 8 rings (SSSR count). The molecule has 4 heterocycles. The quantitative estimate of drug-likeness (QED) is 0.0837. The van der Waals surface area contributed by atoms with E-state index in [-0.39, 0.29) is 64.3 Å². The van der Waals surface area contributed by atoms with Crippen LogP contribution >= 0.6 is 12.4 Å². The van der Waals surface area contributed by atoms with Crippen molar-refractivity contribution in [3.8, 4) is 22.3 Å². The Balaban J connectivity index is 0.000000206. The fourth-order valence-electron chi connectivity index (χ4n) is 6.38. The number of rotatable bonds is 12. The fraction of sp³-hybridized carbons (Fsp3) is 0.388. The molecule has 5 N–H and O–H groups in total. The second-order valence-corrected chi connectivity index (χ2v) is 18.4. The van der Waals surface area contributed by atoms with E-state index >= 15 is 0 Å². The average Bonchev–Trinajstić information content (AvgIpc) is 4.19. The molecule has 2 fully saturated rings. The highest BCUT2D eigenvalue weighted by molar-refractivity contribution is 5.94. The van der Waals surface area contributed by atoms with E-state index in [0.717, 1.165) is 64.6 Å². The third-order valence-electron chi connectivity index (χ3n) is 10.7. The number of benzene rings is 2. The van der Waals surface area contributed by atoms with Crippen LogP contribution in [0.2, 0.25) is 0 Å². The summed E-state index contributed by atoms with van der Waals surface area (Å²) in [4.78, 5) is 63.1. The lowest BCUT2D eigenvalue weighted by molar-refractivity contribution is -0.118. The molecule has 2 aromatic carbocycles. The molecule has 0 atom stereocenters. The minimum atomic E-state index is -1.17. The number of aryl methyl sites for hydroxylation is 3. The van der Waals surface area contributed by atoms with E-state index in [4.69, 9.17) is 19.9 Å². The third kappa shape index (κ3) is 13.9. The summed E-state index contributed by atoms with van der Waals surface area (Å²) in [7, 11) is 0. The summed E-state index contributed by atoms with van der Waals surface area (Å²) in [5.74, 6) is 0.974. The van der Waals surface area contributed by atoms with Crippen molar-refractivity contribution < 1.29 is 33.3 Å². The normalized spacial score (nSPS) is 13.2. The van der Waals surface area contributed by atoms with Crippen molar-refractivity contribution in [2.75, 3.05) is 10.6 Å². The van der Waals surface area contributed by atoms with Crippen LogP contribution in [0, 0.1) is 25.7 Å². The summed E-state index contributed by atoms with van der Waals surface area (Å²) in [6.07, 6.45) is 8.24. The van der Waals surface area contributed by atoms with Gasteiger partial charge in [0.2, 0.25) is 35.2 Å². The minimum Gasteiger partial charge on any atom is -0.475 e. The Kier molecular flexibility index (Phi) is 16.4. The Bertz CT molecular complexity index is 2670. The highest BCUT2D eigenvalue weighted by Crippen LogP contribution is 2.32. The van der Waals surface area contributed by atoms with Gasteiger partial charge < -0.3 is 30.5 Å². The van der Waals surface area contributed by atoms with Crippen LogP contribution in [0.3, 0.4) is 0 Å². The highest BCUT2D eigenvalue weighted by atomic mass is 35.5. The van der Waals surface area contributed by atoms with Crippen molar-refractivity contribution in [2.45, 2.75) is 111 Å². The van der Waals surface area contributed by atoms with Gasteiger partial charge in [0.25, 0.3) is 5.82 Å². The Morgan fingerprint density at radius 3 is 1.45 bits per heavy atom. The number of carbonyl (C=O) groups is 4. The van der Waals surface area contributed by atoms with Gasteiger partial charge >= 0.3 is 5.97 Å². The molecule has 6 aromatic rings. The van der Waals surface area contributed by atoms with Crippen LogP contribution in [-0.4, -0.2) is 58.9 Å². The molecule has 0 saturated heterocycles. The molecule has 17 heteroatoms. The number of aromatic nitrogens is 6. The lowest BCUT2D eigenvalue weighted by atomic mass is 9.96. The number of hydrogen-bond acceptors (Lipinski definition) is 13. The number of anilines is 2. The average molecular weight is 921 g/mol. The summed E-state index contributed by atoms with van der Waals surface area (Å²) in [6.45, 7) is 16.1. The Morgan fingerprint density at radius 2 is 1.08 bits per heavy atom. The first kappa shape index (κ1) is 50.4. The highest BCUT2D eigenvalue weighted by Gasteiger charge is 2.31. The molecule has 0 aliphatic heterocycles. The smallest absolute Gasteiger partial charge is 0.377 e. The van der Waals surface area contributed by atoms with Crippen LogP contribution in [0.4, 0.5) is 11.6 Å². The number of ketones is 1. The van der Waals surface area contributed by atoms with Crippen molar-refractivity contribution in [2.24, 2.45) is 17.6 Å². The number of hydrogen-bond donors (Lipinski definition) is 4. The maximum absolute atomic E-state index is 12.5. The number of amides is 2. The zero-order valence-electron chi connectivity index (χ0n) is 38.6. The van der Waals surface area contributed by atoms with E-state index in [1.165, 1.54) is 5.56 Å². The number of pyridine rings is 2. The van der Waals surface area contributed by atoms with Crippen molar-refractivity contribution in [3.05, 3.63) is 119 Å². The number of nitrogens with one attached hydrogen (secondary N) is 2. The lowest BCUT2D eigenvalue weighted by Gasteiger charge is -2.10. The van der Waals surface area contributed by atoms with Gasteiger partial charge in [-0.1, -0.05) is 83.1 Å². The zero-order valence-corrected chi connectivity index (χ0v) is 39.4. The van der Waals surface area contributed by atoms with Gasteiger partial charge in [0, 0.05) is 48.0 Å². The molecule has 0 radical (unpaired) electrons.